The third-order valence-electron chi connectivity index (χ3n) is 5.16. The standard InChI is InChI=1S/C24H29FN2O3/c1-24(2,3)23(16-6-9-18(25)10-7-16)27-21(28)5-4-14-30-19-11-12-20-17(15-19)8-13-22(29)26-20/h6-7,9-12,15,23H,4-5,8,13-14H2,1-3H3,(H,26,29)(H,27,28). The molecule has 2 aromatic carbocycles. The highest BCUT2D eigenvalue weighted by Crippen LogP contribution is 2.33. The fraction of sp³-hybridized carbons (Fsp3) is 0.417. The zero-order chi connectivity index (χ0) is 21.7. The second-order valence-electron chi connectivity index (χ2n) is 8.74. The van der Waals surface area contributed by atoms with E-state index in [-0.39, 0.29) is 29.1 Å². The van der Waals surface area contributed by atoms with Gasteiger partial charge in [0.25, 0.3) is 0 Å². The van der Waals surface area contributed by atoms with Gasteiger partial charge in [0.15, 0.2) is 0 Å². The average Bonchev–Trinajstić information content (AvgIpc) is 2.69. The van der Waals surface area contributed by atoms with Gasteiger partial charge in [-0.3, -0.25) is 9.59 Å². The van der Waals surface area contributed by atoms with Gasteiger partial charge in [0.2, 0.25) is 11.8 Å². The number of carbonyl (C=O) groups excluding carboxylic acids is 2. The van der Waals surface area contributed by atoms with Crippen LogP contribution in [0.4, 0.5) is 10.1 Å². The minimum Gasteiger partial charge on any atom is -0.494 e. The van der Waals surface area contributed by atoms with E-state index in [0.717, 1.165) is 22.6 Å². The summed E-state index contributed by atoms with van der Waals surface area (Å²) < 4.78 is 19.0. The number of anilines is 1. The van der Waals surface area contributed by atoms with E-state index in [0.29, 0.717) is 32.3 Å². The molecule has 6 heteroatoms. The Morgan fingerprint density at radius 1 is 1.17 bits per heavy atom. The van der Waals surface area contributed by atoms with Crippen LogP contribution in [0.1, 0.15) is 57.2 Å². The van der Waals surface area contributed by atoms with Crippen LogP contribution in [0.15, 0.2) is 42.5 Å². The van der Waals surface area contributed by atoms with Crippen molar-refractivity contribution in [1.82, 2.24) is 5.32 Å². The molecule has 0 radical (unpaired) electrons. The molecule has 0 aliphatic carbocycles. The molecule has 0 saturated carbocycles. The second-order valence-corrected chi connectivity index (χ2v) is 8.74. The lowest BCUT2D eigenvalue weighted by Crippen LogP contribution is -2.36. The number of halogens is 1. The molecular weight excluding hydrogens is 383 g/mol. The summed E-state index contributed by atoms with van der Waals surface area (Å²) in [6, 6.07) is 11.7. The van der Waals surface area contributed by atoms with Crippen LogP contribution in [0, 0.1) is 11.2 Å². The Kier molecular flexibility index (Phi) is 6.75. The van der Waals surface area contributed by atoms with E-state index in [4.69, 9.17) is 4.74 Å². The molecule has 1 heterocycles. The van der Waals surface area contributed by atoms with Crippen LogP contribution in [0.2, 0.25) is 0 Å². The van der Waals surface area contributed by atoms with Crippen LogP contribution in [0.3, 0.4) is 0 Å². The van der Waals surface area contributed by atoms with Crippen molar-refractivity contribution in [3.05, 3.63) is 59.4 Å². The number of nitrogens with one attached hydrogen (secondary N) is 2. The number of amides is 2. The summed E-state index contributed by atoms with van der Waals surface area (Å²) >= 11 is 0. The first-order valence-electron chi connectivity index (χ1n) is 10.3. The van der Waals surface area contributed by atoms with Crippen LogP contribution < -0.4 is 15.4 Å². The molecule has 0 aromatic heterocycles. The van der Waals surface area contributed by atoms with Gasteiger partial charge >= 0.3 is 0 Å². The molecule has 30 heavy (non-hydrogen) atoms. The summed E-state index contributed by atoms with van der Waals surface area (Å²) in [5.41, 5.74) is 2.58. The summed E-state index contributed by atoms with van der Waals surface area (Å²) in [6.45, 7) is 6.56. The van der Waals surface area contributed by atoms with Crippen LogP contribution in [-0.4, -0.2) is 18.4 Å². The maximum Gasteiger partial charge on any atom is 0.224 e. The van der Waals surface area contributed by atoms with Crippen LogP contribution in [0.25, 0.3) is 0 Å². The number of fused-ring (bicyclic) bond motifs is 1. The SMILES string of the molecule is CC(C)(C)C(NC(=O)CCCOc1ccc2c(c1)CCC(=O)N2)c1ccc(F)cc1. The minimum atomic E-state index is -0.292. The lowest BCUT2D eigenvalue weighted by atomic mass is 9.82. The van der Waals surface area contributed by atoms with Gasteiger partial charge in [-0.05, 0) is 59.7 Å². The van der Waals surface area contributed by atoms with Gasteiger partial charge < -0.3 is 15.4 Å². The molecule has 1 atom stereocenters. The van der Waals surface area contributed by atoms with Crippen molar-refractivity contribution in [1.29, 1.82) is 0 Å². The highest BCUT2D eigenvalue weighted by atomic mass is 19.1. The number of benzene rings is 2. The summed E-state index contributed by atoms with van der Waals surface area (Å²) in [5.74, 6) is 0.427. The Hall–Kier alpha value is -2.89. The first-order chi connectivity index (χ1) is 14.2. The summed E-state index contributed by atoms with van der Waals surface area (Å²) in [5, 5.41) is 5.93. The third-order valence-corrected chi connectivity index (χ3v) is 5.16. The number of aryl methyl sites for hydroxylation is 1. The first kappa shape index (κ1) is 21.8. The summed E-state index contributed by atoms with van der Waals surface area (Å²) in [7, 11) is 0. The van der Waals surface area contributed by atoms with E-state index in [1.165, 1.54) is 12.1 Å². The van der Waals surface area contributed by atoms with E-state index in [9.17, 15) is 14.0 Å². The van der Waals surface area contributed by atoms with Crippen molar-refractivity contribution < 1.29 is 18.7 Å². The van der Waals surface area contributed by atoms with Crippen molar-refractivity contribution in [3.8, 4) is 5.75 Å². The Labute approximate surface area is 177 Å². The van der Waals surface area contributed by atoms with Crippen LogP contribution in [0.5, 0.6) is 5.75 Å². The highest BCUT2D eigenvalue weighted by Gasteiger charge is 2.27. The number of ether oxygens (including phenoxy) is 1. The van der Waals surface area contributed by atoms with Gasteiger partial charge in [0.05, 0.1) is 12.6 Å². The number of hydrogen-bond acceptors (Lipinski definition) is 3. The molecular formula is C24H29FN2O3. The van der Waals surface area contributed by atoms with Gasteiger partial charge in [-0.1, -0.05) is 32.9 Å². The molecule has 2 amide bonds. The maximum atomic E-state index is 13.2. The maximum absolute atomic E-state index is 13.2. The molecule has 3 rings (SSSR count). The Morgan fingerprint density at radius 2 is 1.90 bits per heavy atom. The molecule has 1 aliphatic rings. The largest absolute Gasteiger partial charge is 0.494 e. The van der Waals surface area contributed by atoms with Crippen molar-refractivity contribution >= 4 is 17.5 Å². The number of hydrogen-bond donors (Lipinski definition) is 2. The number of carbonyl (C=O) groups is 2. The molecule has 0 bridgehead atoms. The van der Waals surface area contributed by atoms with Crippen molar-refractivity contribution in [3.63, 3.8) is 0 Å². The zero-order valence-electron chi connectivity index (χ0n) is 17.8. The molecule has 2 N–H and O–H groups in total. The normalized spacial score (nSPS) is 14.5. The van der Waals surface area contributed by atoms with E-state index in [2.05, 4.69) is 10.6 Å². The second kappa shape index (κ2) is 9.28. The predicted octanol–water partition coefficient (Wildman–Crippen LogP) is 4.77. The molecule has 0 fully saturated rings. The van der Waals surface area contributed by atoms with Gasteiger partial charge in [-0.25, -0.2) is 4.39 Å². The molecule has 0 saturated heterocycles. The minimum absolute atomic E-state index is 0.0383. The zero-order valence-corrected chi connectivity index (χ0v) is 17.8. The fourth-order valence-corrected chi connectivity index (χ4v) is 3.56. The molecule has 0 spiro atoms. The summed E-state index contributed by atoms with van der Waals surface area (Å²) in [6.07, 6.45) is 2.12. The van der Waals surface area contributed by atoms with Crippen LogP contribution >= 0.6 is 0 Å². The van der Waals surface area contributed by atoms with Crippen molar-refractivity contribution in [2.45, 2.75) is 52.5 Å². The Bertz CT molecular complexity index is 904. The number of rotatable bonds is 7. The van der Waals surface area contributed by atoms with E-state index in [1.807, 2.05) is 39.0 Å². The quantitative estimate of drug-likeness (QED) is 0.644. The van der Waals surface area contributed by atoms with Crippen molar-refractivity contribution in [2.75, 3.05) is 11.9 Å². The molecule has 1 aliphatic heterocycles. The van der Waals surface area contributed by atoms with E-state index >= 15 is 0 Å². The molecule has 160 valence electrons. The fourth-order valence-electron chi connectivity index (χ4n) is 3.56. The van der Waals surface area contributed by atoms with E-state index < -0.39 is 0 Å². The Balaban J connectivity index is 1.49. The molecule has 1 unspecified atom stereocenters. The first-order valence-corrected chi connectivity index (χ1v) is 10.3. The van der Waals surface area contributed by atoms with Gasteiger partial charge in [0, 0.05) is 18.5 Å². The predicted molar refractivity (Wildman–Crippen MR) is 115 cm³/mol. The third kappa shape index (κ3) is 5.81. The molecule has 2 aromatic rings. The van der Waals surface area contributed by atoms with E-state index in [1.54, 1.807) is 12.1 Å². The Morgan fingerprint density at radius 3 is 2.60 bits per heavy atom. The lowest BCUT2D eigenvalue weighted by Gasteiger charge is -2.32. The lowest BCUT2D eigenvalue weighted by molar-refractivity contribution is -0.123. The van der Waals surface area contributed by atoms with Gasteiger partial charge in [-0.15, -0.1) is 0 Å². The van der Waals surface area contributed by atoms with Crippen molar-refractivity contribution in [2.24, 2.45) is 5.41 Å². The average molecular weight is 413 g/mol. The topological polar surface area (TPSA) is 67.4 Å². The van der Waals surface area contributed by atoms with Gasteiger partial charge in [-0.2, -0.15) is 0 Å². The smallest absolute Gasteiger partial charge is 0.224 e. The van der Waals surface area contributed by atoms with Crippen LogP contribution in [-0.2, 0) is 16.0 Å². The molecule has 5 nitrogen and oxygen atoms in total. The monoisotopic (exact) mass is 412 g/mol. The highest BCUT2D eigenvalue weighted by molar-refractivity contribution is 5.94. The summed E-state index contributed by atoms with van der Waals surface area (Å²) in [4.78, 5) is 23.9. The van der Waals surface area contributed by atoms with Gasteiger partial charge in [0.1, 0.15) is 11.6 Å².